The lowest BCUT2D eigenvalue weighted by Crippen LogP contribution is -2.66. The number of aliphatic hydroxyl groups is 1. The third kappa shape index (κ3) is 9.45. The van der Waals surface area contributed by atoms with Gasteiger partial charge in [0.2, 0.25) is 0 Å². The Bertz CT molecular complexity index is 1410. The molecule has 3 aromatic carbocycles. The SMILES string of the molecule is C/C(=C\CO[Si](c1ccccc1)(c1ccccc1)C(C)(C)C)CC[C@H](OC(=O)c1ccccc1)[C@](C)(O)COS(C)(=O)=O. The van der Waals surface area contributed by atoms with Crippen LogP contribution in [0, 0.1) is 0 Å². The van der Waals surface area contributed by atoms with Gasteiger partial charge in [0.1, 0.15) is 11.7 Å². The zero-order chi connectivity index (χ0) is 31.7. The fourth-order valence-corrected chi connectivity index (χ4v) is 10.1. The second kappa shape index (κ2) is 14.6. The Labute approximate surface area is 257 Å². The molecule has 0 saturated heterocycles. The Morgan fingerprint density at radius 1 is 0.884 bits per heavy atom. The first kappa shape index (κ1) is 34.4. The molecular formula is C34H44O7SSi. The van der Waals surface area contributed by atoms with Crippen molar-refractivity contribution in [1.29, 1.82) is 0 Å². The average Bonchev–Trinajstić information content (AvgIpc) is 2.96. The Morgan fingerprint density at radius 3 is 1.84 bits per heavy atom. The van der Waals surface area contributed by atoms with Crippen LogP contribution >= 0.6 is 0 Å². The highest BCUT2D eigenvalue weighted by atomic mass is 32.2. The molecule has 0 aliphatic carbocycles. The number of benzene rings is 3. The molecule has 3 rings (SSSR count). The Kier molecular flexibility index (Phi) is 11.7. The van der Waals surface area contributed by atoms with Crippen LogP contribution in [0.2, 0.25) is 5.04 Å². The van der Waals surface area contributed by atoms with E-state index < -0.39 is 42.7 Å². The van der Waals surface area contributed by atoms with Gasteiger partial charge in [0.25, 0.3) is 18.4 Å². The maximum absolute atomic E-state index is 12.9. The molecule has 2 atom stereocenters. The molecule has 0 aromatic heterocycles. The molecule has 3 aromatic rings. The van der Waals surface area contributed by atoms with Crippen molar-refractivity contribution in [1.82, 2.24) is 0 Å². The topological polar surface area (TPSA) is 99.1 Å². The lowest BCUT2D eigenvalue weighted by Gasteiger charge is -2.42. The molecule has 0 amide bonds. The van der Waals surface area contributed by atoms with Crippen LogP contribution in [0.3, 0.4) is 0 Å². The van der Waals surface area contributed by atoms with Crippen molar-refractivity contribution in [3.63, 3.8) is 0 Å². The lowest BCUT2D eigenvalue weighted by atomic mass is 9.94. The van der Waals surface area contributed by atoms with E-state index in [9.17, 15) is 18.3 Å². The van der Waals surface area contributed by atoms with Crippen molar-refractivity contribution in [3.05, 3.63) is 108 Å². The molecule has 0 bridgehead atoms. The Balaban J connectivity index is 1.81. The summed E-state index contributed by atoms with van der Waals surface area (Å²) in [5, 5.41) is 13.4. The van der Waals surface area contributed by atoms with Crippen LogP contribution in [-0.4, -0.2) is 59.0 Å². The molecule has 0 spiro atoms. The van der Waals surface area contributed by atoms with E-state index in [1.54, 1.807) is 30.3 Å². The monoisotopic (exact) mass is 624 g/mol. The molecule has 0 fully saturated rings. The number of hydrogen-bond acceptors (Lipinski definition) is 7. The van der Waals surface area contributed by atoms with Gasteiger partial charge in [0.05, 0.1) is 25.0 Å². The first-order chi connectivity index (χ1) is 20.2. The molecule has 9 heteroatoms. The van der Waals surface area contributed by atoms with Crippen molar-refractivity contribution in [2.45, 2.75) is 64.2 Å². The van der Waals surface area contributed by atoms with E-state index in [0.717, 1.165) is 11.8 Å². The highest BCUT2D eigenvalue weighted by Gasteiger charge is 2.50. The first-order valence-corrected chi connectivity index (χ1v) is 18.1. The van der Waals surface area contributed by atoms with Gasteiger partial charge in [-0.25, -0.2) is 4.79 Å². The van der Waals surface area contributed by atoms with E-state index in [4.69, 9.17) is 13.3 Å². The fraction of sp³-hybridized carbons (Fsp3) is 0.382. The number of esters is 1. The maximum atomic E-state index is 12.9. The Morgan fingerprint density at radius 2 is 1.37 bits per heavy atom. The van der Waals surface area contributed by atoms with Gasteiger partial charge < -0.3 is 14.3 Å². The van der Waals surface area contributed by atoms with Crippen LogP contribution in [0.4, 0.5) is 0 Å². The summed E-state index contributed by atoms with van der Waals surface area (Å²) < 4.78 is 40.8. The van der Waals surface area contributed by atoms with Crippen molar-refractivity contribution in [2.75, 3.05) is 19.5 Å². The fourth-order valence-electron chi connectivity index (χ4n) is 5.12. The van der Waals surface area contributed by atoms with E-state index in [2.05, 4.69) is 45.0 Å². The Hall–Kier alpha value is -3.08. The third-order valence-electron chi connectivity index (χ3n) is 7.47. The summed E-state index contributed by atoms with van der Waals surface area (Å²) in [6, 6.07) is 29.3. The number of rotatable bonds is 14. The number of carbonyl (C=O) groups is 1. The smallest absolute Gasteiger partial charge is 0.338 e. The molecular weight excluding hydrogens is 581 g/mol. The van der Waals surface area contributed by atoms with E-state index in [-0.39, 0.29) is 11.5 Å². The molecule has 0 unspecified atom stereocenters. The molecule has 43 heavy (non-hydrogen) atoms. The predicted octanol–water partition coefficient (Wildman–Crippen LogP) is 5.24. The molecule has 0 aliphatic rings. The average molecular weight is 625 g/mol. The van der Waals surface area contributed by atoms with Gasteiger partial charge in [-0.15, -0.1) is 0 Å². The molecule has 1 N–H and O–H groups in total. The number of carbonyl (C=O) groups excluding carboxylic acids is 1. The van der Waals surface area contributed by atoms with Crippen LogP contribution < -0.4 is 10.4 Å². The normalized spacial score (nSPS) is 15.0. The molecule has 0 saturated carbocycles. The quantitative estimate of drug-likeness (QED) is 0.113. The van der Waals surface area contributed by atoms with Crippen molar-refractivity contribution < 1.29 is 31.7 Å². The van der Waals surface area contributed by atoms with Crippen LogP contribution in [-0.2, 0) is 23.5 Å². The minimum Gasteiger partial charge on any atom is -0.456 e. The van der Waals surface area contributed by atoms with Gasteiger partial charge in [-0.3, -0.25) is 4.18 Å². The summed E-state index contributed by atoms with van der Waals surface area (Å²) >= 11 is 0. The third-order valence-corrected chi connectivity index (χ3v) is 13.0. The first-order valence-electron chi connectivity index (χ1n) is 14.4. The van der Waals surface area contributed by atoms with Crippen LogP contribution in [0.5, 0.6) is 0 Å². The van der Waals surface area contributed by atoms with Crippen LogP contribution in [0.15, 0.2) is 103 Å². The zero-order valence-electron chi connectivity index (χ0n) is 25.9. The molecule has 232 valence electrons. The van der Waals surface area contributed by atoms with Crippen molar-refractivity contribution >= 4 is 34.8 Å². The highest BCUT2D eigenvalue weighted by Crippen LogP contribution is 2.36. The van der Waals surface area contributed by atoms with Gasteiger partial charge in [-0.1, -0.05) is 111 Å². The minimum atomic E-state index is -3.81. The zero-order valence-corrected chi connectivity index (χ0v) is 27.8. The van der Waals surface area contributed by atoms with Crippen LogP contribution in [0.1, 0.15) is 57.8 Å². The second-order valence-corrected chi connectivity index (χ2v) is 18.1. The maximum Gasteiger partial charge on any atom is 0.338 e. The summed E-state index contributed by atoms with van der Waals surface area (Å²) in [7, 11) is -6.52. The lowest BCUT2D eigenvalue weighted by molar-refractivity contribution is -0.0962. The van der Waals surface area contributed by atoms with Gasteiger partial charge in [0, 0.05) is 0 Å². The number of allylic oxidation sites excluding steroid dienone is 1. The van der Waals surface area contributed by atoms with Gasteiger partial charge in [-0.05, 0) is 54.2 Å². The summed E-state index contributed by atoms with van der Waals surface area (Å²) in [4.78, 5) is 12.9. The van der Waals surface area contributed by atoms with E-state index in [1.165, 1.54) is 17.3 Å². The van der Waals surface area contributed by atoms with Crippen LogP contribution in [0.25, 0.3) is 0 Å². The molecule has 0 aliphatic heterocycles. The second-order valence-electron chi connectivity index (χ2n) is 12.1. The van der Waals surface area contributed by atoms with E-state index >= 15 is 0 Å². The van der Waals surface area contributed by atoms with E-state index in [0.29, 0.717) is 18.6 Å². The molecule has 0 radical (unpaired) electrons. The molecule has 7 nitrogen and oxygen atoms in total. The summed E-state index contributed by atoms with van der Waals surface area (Å²) in [6.45, 7) is 9.88. The van der Waals surface area contributed by atoms with Gasteiger partial charge in [0.15, 0.2) is 0 Å². The van der Waals surface area contributed by atoms with Gasteiger partial charge in [-0.2, -0.15) is 8.42 Å². The van der Waals surface area contributed by atoms with E-state index in [1.807, 2.05) is 49.4 Å². The summed E-state index contributed by atoms with van der Waals surface area (Å²) in [5.74, 6) is -0.609. The number of ether oxygens (including phenoxy) is 1. The largest absolute Gasteiger partial charge is 0.456 e. The number of hydrogen-bond donors (Lipinski definition) is 1. The van der Waals surface area contributed by atoms with Crippen molar-refractivity contribution in [2.24, 2.45) is 0 Å². The minimum absolute atomic E-state index is 0.160. The van der Waals surface area contributed by atoms with Crippen molar-refractivity contribution in [3.8, 4) is 0 Å². The molecule has 0 heterocycles. The summed E-state index contributed by atoms with van der Waals surface area (Å²) in [6.07, 6.45) is 2.64. The summed E-state index contributed by atoms with van der Waals surface area (Å²) in [5.41, 5.74) is -0.434. The standard InChI is InChI=1S/C34H44O7SSi/c1-27(22-23-31(34(5,36)26-39-42(6,37)38)41-32(35)28-16-10-7-11-17-28)24-25-40-43(33(2,3)4,29-18-12-8-13-19-29)30-20-14-9-15-21-30/h7-21,24,31,36H,22-23,25-26H2,1-6H3/b27-24+/t31-,34+/m0/s1. The predicted molar refractivity (Wildman–Crippen MR) is 174 cm³/mol. The van der Waals surface area contributed by atoms with Gasteiger partial charge >= 0.3 is 5.97 Å². The highest BCUT2D eigenvalue weighted by molar-refractivity contribution is 7.85.